The number of nitrogens with zero attached hydrogens (tertiary/aromatic N) is 4. The van der Waals surface area contributed by atoms with Gasteiger partial charge in [0.1, 0.15) is 0 Å². The molecule has 1 saturated heterocycles. The van der Waals surface area contributed by atoms with E-state index in [1.807, 2.05) is 12.5 Å². The van der Waals surface area contributed by atoms with Crippen LogP contribution in [0.3, 0.4) is 0 Å². The highest BCUT2D eigenvalue weighted by Gasteiger charge is 2.24. The molecule has 3 rings (SSSR count). The minimum atomic E-state index is 0.549. The van der Waals surface area contributed by atoms with Gasteiger partial charge in [-0.2, -0.15) is 0 Å². The number of imidazole rings is 1. The predicted octanol–water partition coefficient (Wildman–Crippen LogP) is 2.44. The first-order valence-corrected chi connectivity index (χ1v) is 7.65. The predicted molar refractivity (Wildman–Crippen MR) is 86.5 cm³/mol. The van der Waals surface area contributed by atoms with Crippen molar-refractivity contribution in [3.63, 3.8) is 0 Å². The molecule has 0 bridgehead atoms. The lowest BCUT2D eigenvalue weighted by molar-refractivity contribution is 0.177. The second-order valence-corrected chi connectivity index (χ2v) is 6.05. The van der Waals surface area contributed by atoms with E-state index in [2.05, 4.69) is 64.5 Å². The number of aryl methyl sites for hydroxylation is 2. The molecular weight excluding hydrogens is 260 g/mol. The lowest BCUT2D eigenvalue weighted by atomic mass is 10.1. The van der Waals surface area contributed by atoms with Gasteiger partial charge in [-0.25, -0.2) is 4.98 Å². The Labute approximate surface area is 127 Å². The molecule has 2 aromatic rings. The highest BCUT2D eigenvalue weighted by atomic mass is 15.3. The summed E-state index contributed by atoms with van der Waals surface area (Å²) >= 11 is 0. The van der Waals surface area contributed by atoms with Crippen molar-refractivity contribution in [1.29, 1.82) is 0 Å². The summed E-state index contributed by atoms with van der Waals surface area (Å²) in [6.45, 7) is 8.78. The van der Waals surface area contributed by atoms with Gasteiger partial charge < -0.3 is 9.47 Å². The first-order chi connectivity index (χ1) is 10.1. The number of para-hydroxylation sites is 1. The molecule has 2 heterocycles. The van der Waals surface area contributed by atoms with Gasteiger partial charge in [0.15, 0.2) is 0 Å². The molecule has 4 heteroatoms. The van der Waals surface area contributed by atoms with E-state index in [1.54, 1.807) is 0 Å². The average Bonchev–Trinajstić information content (AvgIpc) is 2.87. The van der Waals surface area contributed by atoms with Gasteiger partial charge in [-0.15, -0.1) is 0 Å². The third-order valence-corrected chi connectivity index (χ3v) is 4.50. The van der Waals surface area contributed by atoms with Crippen LogP contribution in [0.1, 0.15) is 18.2 Å². The number of rotatable bonds is 3. The molecule has 1 aromatic carbocycles. The normalized spacial score (nSPS) is 20.0. The quantitative estimate of drug-likeness (QED) is 0.865. The molecule has 1 aliphatic heterocycles. The van der Waals surface area contributed by atoms with E-state index in [4.69, 9.17) is 0 Å². The third kappa shape index (κ3) is 2.95. The van der Waals surface area contributed by atoms with Gasteiger partial charge in [0.25, 0.3) is 0 Å². The smallest absolute Gasteiger partial charge is 0.0945 e. The monoisotopic (exact) mass is 284 g/mol. The van der Waals surface area contributed by atoms with Gasteiger partial charge in [-0.3, -0.25) is 4.90 Å². The van der Waals surface area contributed by atoms with Gasteiger partial charge >= 0.3 is 0 Å². The fourth-order valence-electron chi connectivity index (χ4n) is 3.11. The molecule has 1 aliphatic rings. The van der Waals surface area contributed by atoms with Crippen LogP contribution in [0.4, 0.5) is 5.69 Å². The van der Waals surface area contributed by atoms with Crippen molar-refractivity contribution in [2.24, 2.45) is 7.05 Å². The number of anilines is 1. The molecule has 4 nitrogen and oxygen atoms in total. The van der Waals surface area contributed by atoms with Crippen molar-refractivity contribution < 1.29 is 0 Å². The fourth-order valence-corrected chi connectivity index (χ4v) is 3.11. The minimum absolute atomic E-state index is 0.549. The molecule has 0 radical (unpaired) electrons. The zero-order valence-electron chi connectivity index (χ0n) is 13.2. The zero-order valence-corrected chi connectivity index (χ0v) is 13.2. The number of piperazine rings is 1. The Balaban J connectivity index is 1.67. The molecule has 0 spiro atoms. The number of hydrogen-bond donors (Lipinski definition) is 0. The highest BCUT2D eigenvalue weighted by molar-refractivity contribution is 5.53. The van der Waals surface area contributed by atoms with Crippen LogP contribution < -0.4 is 4.90 Å². The summed E-state index contributed by atoms with van der Waals surface area (Å²) in [6, 6.07) is 9.23. The molecule has 0 N–H and O–H groups in total. The Morgan fingerprint density at radius 1 is 1.24 bits per heavy atom. The van der Waals surface area contributed by atoms with Crippen molar-refractivity contribution in [3.8, 4) is 0 Å². The second kappa shape index (κ2) is 5.90. The summed E-state index contributed by atoms with van der Waals surface area (Å²) in [6.07, 6.45) is 3.85. The molecule has 0 aliphatic carbocycles. The van der Waals surface area contributed by atoms with E-state index in [0.29, 0.717) is 6.04 Å². The van der Waals surface area contributed by atoms with E-state index in [-0.39, 0.29) is 0 Å². The van der Waals surface area contributed by atoms with Crippen molar-refractivity contribution in [2.75, 3.05) is 24.5 Å². The van der Waals surface area contributed by atoms with E-state index >= 15 is 0 Å². The lowest BCUT2D eigenvalue weighted by Gasteiger charge is -2.41. The maximum absolute atomic E-state index is 4.21. The summed E-state index contributed by atoms with van der Waals surface area (Å²) in [5.74, 6) is 0. The van der Waals surface area contributed by atoms with Crippen LogP contribution in [0.5, 0.6) is 0 Å². The van der Waals surface area contributed by atoms with Crippen LogP contribution in [0, 0.1) is 6.92 Å². The Morgan fingerprint density at radius 3 is 2.71 bits per heavy atom. The summed E-state index contributed by atoms with van der Waals surface area (Å²) < 4.78 is 2.11. The maximum Gasteiger partial charge on any atom is 0.0945 e. The van der Waals surface area contributed by atoms with Crippen molar-refractivity contribution in [3.05, 3.63) is 48.0 Å². The van der Waals surface area contributed by atoms with Crippen molar-refractivity contribution in [1.82, 2.24) is 14.5 Å². The summed E-state index contributed by atoms with van der Waals surface area (Å²) in [5.41, 5.74) is 4.03. The second-order valence-electron chi connectivity index (χ2n) is 6.05. The Hall–Kier alpha value is -1.81. The minimum Gasteiger partial charge on any atom is -0.368 e. The molecule has 21 heavy (non-hydrogen) atoms. The van der Waals surface area contributed by atoms with Gasteiger partial charge in [0.2, 0.25) is 0 Å². The number of hydrogen-bond acceptors (Lipinski definition) is 3. The first kappa shape index (κ1) is 14.1. The first-order valence-electron chi connectivity index (χ1n) is 7.65. The van der Waals surface area contributed by atoms with Gasteiger partial charge in [0.05, 0.1) is 12.0 Å². The largest absolute Gasteiger partial charge is 0.368 e. The number of aromatic nitrogens is 2. The van der Waals surface area contributed by atoms with Gasteiger partial charge in [-0.05, 0) is 25.5 Å². The molecule has 0 amide bonds. The van der Waals surface area contributed by atoms with E-state index in [9.17, 15) is 0 Å². The van der Waals surface area contributed by atoms with E-state index in [1.165, 1.54) is 16.9 Å². The molecule has 112 valence electrons. The van der Waals surface area contributed by atoms with Crippen LogP contribution in [-0.4, -0.2) is 40.1 Å². The summed E-state index contributed by atoms with van der Waals surface area (Å²) in [5, 5.41) is 0. The van der Waals surface area contributed by atoms with Gasteiger partial charge in [0, 0.05) is 51.2 Å². The van der Waals surface area contributed by atoms with Crippen LogP contribution >= 0.6 is 0 Å². The molecular formula is C17H24N4. The Bertz CT molecular complexity index is 604. The molecule has 0 unspecified atom stereocenters. The third-order valence-electron chi connectivity index (χ3n) is 4.50. The van der Waals surface area contributed by atoms with Crippen molar-refractivity contribution >= 4 is 5.69 Å². The molecule has 1 fully saturated rings. The summed E-state index contributed by atoms with van der Waals surface area (Å²) in [7, 11) is 2.07. The van der Waals surface area contributed by atoms with Crippen LogP contribution in [0.2, 0.25) is 0 Å². The average molecular weight is 284 g/mol. The van der Waals surface area contributed by atoms with E-state index in [0.717, 1.165) is 26.2 Å². The van der Waals surface area contributed by atoms with Crippen LogP contribution in [0.15, 0.2) is 36.8 Å². The lowest BCUT2D eigenvalue weighted by Crippen LogP contribution is -2.51. The van der Waals surface area contributed by atoms with Gasteiger partial charge in [-0.1, -0.05) is 18.2 Å². The Morgan fingerprint density at radius 2 is 2.05 bits per heavy atom. The summed E-state index contributed by atoms with van der Waals surface area (Å²) in [4.78, 5) is 9.27. The topological polar surface area (TPSA) is 24.3 Å². The van der Waals surface area contributed by atoms with Crippen molar-refractivity contribution in [2.45, 2.75) is 26.4 Å². The Kier molecular flexibility index (Phi) is 3.97. The highest BCUT2D eigenvalue weighted by Crippen LogP contribution is 2.23. The molecule has 0 saturated carbocycles. The van der Waals surface area contributed by atoms with E-state index < -0.39 is 0 Å². The zero-order chi connectivity index (χ0) is 14.8. The fraction of sp³-hybridized carbons (Fsp3) is 0.471. The molecule has 1 atom stereocenters. The standard InChI is InChI=1S/C17H24N4/c1-14-6-4-5-7-17(14)21-9-8-20(15(2)11-21)12-16-10-18-13-19(16)3/h4-7,10,13,15H,8-9,11-12H2,1-3H3/t15-/m1/s1. The molecule has 1 aromatic heterocycles. The number of benzene rings is 1. The van der Waals surface area contributed by atoms with Crippen LogP contribution in [0.25, 0.3) is 0 Å². The van der Waals surface area contributed by atoms with Crippen LogP contribution in [-0.2, 0) is 13.6 Å². The maximum atomic E-state index is 4.21. The SMILES string of the molecule is Cc1ccccc1N1CCN(Cc2cncn2C)[C@H](C)C1.